The van der Waals surface area contributed by atoms with Crippen molar-refractivity contribution >= 4 is 22.8 Å². The molecule has 4 nitrogen and oxygen atoms in total. The van der Waals surface area contributed by atoms with Crippen molar-refractivity contribution in [2.45, 2.75) is 18.1 Å². The number of carbonyl (C=O) groups excluding carboxylic acids is 1. The van der Waals surface area contributed by atoms with Crippen molar-refractivity contribution in [1.29, 1.82) is 0 Å². The van der Waals surface area contributed by atoms with Crippen LogP contribution >= 0.6 is 11.8 Å². The standard InChI is InChI=1S/C17H16FN3OS/c1-17(13-7-9-19-10-8-13)15(22)21-16(23-17)20-11-6-12-4-2-3-5-14(12)18/h2-5,7-10H,6,11H2,1H3,(H,20,21,22)/t17-/m0/s1. The Labute approximate surface area is 138 Å². The lowest BCUT2D eigenvalue weighted by Gasteiger charge is -2.20. The number of aromatic nitrogens is 1. The van der Waals surface area contributed by atoms with E-state index in [9.17, 15) is 9.18 Å². The first-order valence-electron chi connectivity index (χ1n) is 7.29. The molecule has 2 aromatic rings. The van der Waals surface area contributed by atoms with Gasteiger partial charge < -0.3 is 5.32 Å². The first-order chi connectivity index (χ1) is 11.1. The summed E-state index contributed by atoms with van der Waals surface area (Å²) >= 11 is 1.38. The fourth-order valence-electron chi connectivity index (χ4n) is 2.39. The van der Waals surface area contributed by atoms with Gasteiger partial charge in [-0.25, -0.2) is 4.39 Å². The molecule has 1 aromatic carbocycles. The Hall–Kier alpha value is -2.21. The third-order valence-corrected chi connectivity index (χ3v) is 5.02. The number of aliphatic imine (C=N–C) groups is 1. The van der Waals surface area contributed by atoms with Crippen LogP contribution in [0.5, 0.6) is 0 Å². The highest BCUT2D eigenvalue weighted by Crippen LogP contribution is 2.41. The highest BCUT2D eigenvalue weighted by molar-refractivity contribution is 8.15. The van der Waals surface area contributed by atoms with Crippen molar-refractivity contribution in [3.05, 3.63) is 65.7 Å². The van der Waals surface area contributed by atoms with Gasteiger partial charge in [0.1, 0.15) is 10.6 Å². The number of benzene rings is 1. The zero-order chi connectivity index (χ0) is 16.3. The van der Waals surface area contributed by atoms with E-state index in [1.165, 1.54) is 17.8 Å². The molecule has 0 saturated carbocycles. The number of pyridine rings is 1. The van der Waals surface area contributed by atoms with Crippen molar-refractivity contribution in [3.8, 4) is 0 Å². The molecule has 1 N–H and O–H groups in total. The zero-order valence-corrected chi connectivity index (χ0v) is 13.4. The monoisotopic (exact) mass is 329 g/mol. The first-order valence-corrected chi connectivity index (χ1v) is 8.11. The summed E-state index contributed by atoms with van der Waals surface area (Å²) in [4.78, 5) is 20.3. The molecule has 1 amide bonds. The molecule has 1 atom stereocenters. The molecule has 0 unspecified atom stereocenters. The van der Waals surface area contributed by atoms with Gasteiger partial charge in [0, 0.05) is 18.9 Å². The van der Waals surface area contributed by atoms with Gasteiger partial charge in [0.2, 0.25) is 0 Å². The number of nitrogens with zero attached hydrogens (tertiary/aromatic N) is 2. The molecule has 0 radical (unpaired) electrons. The van der Waals surface area contributed by atoms with E-state index in [2.05, 4.69) is 15.3 Å². The lowest BCUT2D eigenvalue weighted by Crippen LogP contribution is -2.26. The maximum Gasteiger partial charge on any atom is 0.268 e. The summed E-state index contributed by atoms with van der Waals surface area (Å²) in [5.41, 5.74) is 1.52. The number of nitrogens with one attached hydrogen (secondary N) is 1. The maximum atomic E-state index is 13.6. The lowest BCUT2D eigenvalue weighted by atomic mass is 10.0. The van der Waals surface area contributed by atoms with Gasteiger partial charge in [-0.15, -0.1) is 0 Å². The maximum absolute atomic E-state index is 13.6. The fraction of sp³-hybridized carbons (Fsp3) is 0.235. The van der Waals surface area contributed by atoms with Gasteiger partial charge in [-0.2, -0.15) is 4.99 Å². The number of amides is 1. The second-order valence-electron chi connectivity index (χ2n) is 5.36. The van der Waals surface area contributed by atoms with E-state index in [1.54, 1.807) is 24.5 Å². The largest absolute Gasteiger partial charge is 0.364 e. The van der Waals surface area contributed by atoms with E-state index in [0.29, 0.717) is 23.7 Å². The number of halogens is 1. The van der Waals surface area contributed by atoms with Crippen LogP contribution < -0.4 is 5.32 Å². The van der Waals surface area contributed by atoms with Gasteiger partial charge in [-0.05, 0) is 42.7 Å². The Morgan fingerprint density at radius 2 is 1.96 bits per heavy atom. The average Bonchev–Trinajstić information content (AvgIpc) is 2.86. The Balaban J connectivity index is 1.62. The summed E-state index contributed by atoms with van der Waals surface area (Å²) in [6, 6.07) is 10.3. The number of carbonyl (C=O) groups is 1. The molecule has 0 aliphatic carbocycles. The minimum Gasteiger partial charge on any atom is -0.364 e. The fourth-order valence-corrected chi connectivity index (χ4v) is 3.47. The Bertz CT molecular complexity index is 751. The first kappa shape index (κ1) is 15.7. The molecular weight excluding hydrogens is 313 g/mol. The van der Waals surface area contributed by atoms with Crippen molar-refractivity contribution in [2.24, 2.45) is 4.99 Å². The molecule has 6 heteroatoms. The smallest absolute Gasteiger partial charge is 0.268 e. The Morgan fingerprint density at radius 3 is 2.70 bits per heavy atom. The molecule has 118 valence electrons. The third kappa shape index (κ3) is 3.27. The van der Waals surface area contributed by atoms with Crippen molar-refractivity contribution < 1.29 is 9.18 Å². The van der Waals surface area contributed by atoms with Gasteiger partial charge >= 0.3 is 0 Å². The van der Waals surface area contributed by atoms with Crippen LogP contribution in [0.3, 0.4) is 0 Å². The van der Waals surface area contributed by atoms with Gasteiger partial charge in [-0.1, -0.05) is 30.0 Å². The number of amidine groups is 1. The summed E-state index contributed by atoms with van der Waals surface area (Å²) in [5.74, 6) is -0.407. The minimum atomic E-state index is -0.733. The van der Waals surface area contributed by atoms with E-state index >= 15 is 0 Å². The molecule has 0 fully saturated rings. The van der Waals surface area contributed by atoms with E-state index in [1.807, 2.05) is 25.1 Å². The van der Waals surface area contributed by atoms with Crippen LogP contribution in [0.1, 0.15) is 18.1 Å². The third-order valence-electron chi connectivity index (χ3n) is 3.77. The predicted octanol–water partition coefficient (Wildman–Crippen LogP) is 2.90. The lowest BCUT2D eigenvalue weighted by molar-refractivity contribution is -0.119. The van der Waals surface area contributed by atoms with Crippen molar-refractivity contribution in [1.82, 2.24) is 10.3 Å². The van der Waals surface area contributed by atoms with Gasteiger partial charge in [0.05, 0.1) is 0 Å². The number of rotatable bonds is 4. The minimum absolute atomic E-state index is 0.193. The molecule has 3 rings (SSSR count). The van der Waals surface area contributed by atoms with Gasteiger partial charge in [0.25, 0.3) is 5.91 Å². The average molecular weight is 329 g/mol. The van der Waals surface area contributed by atoms with Gasteiger partial charge in [-0.3, -0.25) is 9.78 Å². The summed E-state index contributed by atoms with van der Waals surface area (Å²) in [7, 11) is 0. The summed E-state index contributed by atoms with van der Waals surface area (Å²) in [6.45, 7) is 2.37. The van der Waals surface area contributed by atoms with E-state index < -0.39 is 4.75 Å². The molecule has 0 bridgehead atoms. The van der Waals surface area contributed by atoms with E-state index in [-0.39, 0.29) is 11.7 Å². The normalized spacial score (nSPS) is 20.4. The Morgan fingerprint density at radius 1 is 1.22 bits per heavy atom. The van der Waals surface area contributed by atoms with Gasteiger partial charge in [0.15, 0.2) is 5.17 Å². The second kappa shape index (κ2) is 6.50. The topological polar surface area (TPSA) is 54.4 Å². The second-order valence-corrected chi connectivity index (χ2v) is 6.77. The number of hydrogen-bond acceptors (Lipinski definition) is 4. The number of hydrogen-bond donors (Lipinski definition) is 1. The molecular formula is C17H16FN3OS. The van der Waals surface area contributed by atoms with Crippen LogP contribution in [0.4, 0.5) is 4.39 Å². The molecule has 1 aromatic heterocycles. The molecule has 1 aliphatic rings. The van der Waals surface area contributed by atoms with Crippen LogP contribution in [0.2, 0.25) is 0 Å². The summed E-state index contributed by atoms with van der Waals surface area (Å²) in [5, 5.41) is 3.70. The molecule has 23 heavy (non-hydrogen) atoms. The van der Waals surface area contributed by atoms with E-state index in [4.69, 9.17) is 0 Å². The summed E-state index contributed by atoms with van der Waals surface area (Å²) < 4.78 is 12.8. The summed E-state index contributed by atoms with van der Waals surface area (Å²) in [6.07, 6.45) is 3.86. The Kier molecular flexibility index (Phi) is 4.43. The van der Waals surface area contributed by atoms with Crippen LogP contribution in [-0.4, -0.2) is 22.6 Å². The van der Waals surface area contributed by atoms with E-state index in [0.717, 1.165) is 5.56 Å². The van der Waals surface area contributed by atoms with Crippen molar-refractivity contribution in [3.63, 3.8) is 0 Å². The van der Waals surface area contributed by atoms with Crippen LogP contribution in [0.15, 0.2) is 53.8 Å². The highest BCUT2D eigenvalue weighted by atomic mass is 32.2. The molecule has 1 aliphatic heterocycles. The zero-order valence-electron chi connectivity index (χ0n) is 12.6. The molecule has 2 heterocycles. The van der Waals surface area contributed by atoms with Crippen LogP contribution in [0, 0.1) is 5.82 Å². The highest BCUT2D eigenvalue weighted by Gasteiger charge is 2.42. The quantitative estimate of drug-likeness (QED) is 0.937. The van der Waals surface area contributed by atoms with Crippen molar-refractivity contribution in [2.75, 3.05) is 6.54 Å². The number of thioether (sulfide) groups is 1. The van der Waals surface area contributed by atoms with Crippen LogP contribution in [0.25, 0.3) is 0 Å². The SMILES string of the molecule is C[C@@]1(c2ccncc2)SC(NCCc2ccccc2F)=NC1=O. The van der Waals surface area contributed by atoms with Crippen LogP contribution in [-0.2, 0) is 16.0 Å². The molecule has 0 spiro atoms. The molecule has 0 saturated heterocycles. The predicted molar refractivity (Wildman–Crippen MR) is 89.7 cm³/mol.